The van der Waals surface area contributed by atoms with Crippen molar-refractivity contribution in [1.82, 2.24) is 0 Å². The van der Waals surface area contributed by atoms with E-state index in [9.17, 15) is 9.59 Å². The minimum absolute atomic E-state index is 0.0432. The van der Waals surface area contributed by atoms with E-state index >= 15 is 0 Å². The van der Waals surface area contributed by atoms with E-state index in [0.717, 1.165) is 32.1 Å². The zero-order valence-electron chi connectivity index (χ0n) is 13.0. The van der Waals surface area contributed by atoms with Gasteiger partial charge in [0.1, 0.15) is 0 Å². The molecular formula is C15H24O7. The molecule has 7 heteroatoms. The van der Waals surface area contributed by atoms with E-state index in [1.807, 2.05) is 0 Å². The normalized spacial score (nSPS) is 27.1. The lowest BCUT2D eigenvalue weighted by Crippen LogP contribution is -2.41. The summed E-state index contributed by atoms with van der Waals surface area (Å²) in [7, 11) is 1.17. The first-order valence-electron chi connectivity index (χ1n) is 7.83. The van der Waals surface area contributed by atoms with Gasteiger partial charge in [0.25, 0.3) is 5.78 Å². The van der Waals surface area contributed by atoms with Crippen molar-refractivity contribution in [1.29, 1.82) is 0 Å². The highest BCUT2D eigenvalue weighted by atomic mass is 16.7. The van der Waals surface area contributed by atoms with Crippen LogP contribution in [0.3, 0.4) is 0 Å². The van der Waals surface area contributed by atoms with E-state index in [4.69, 9.17) is 18.9 Å². The van der Waals surface area contributed by atoms with Crippen LogP contribution in [0.2, 0.25) is 0 Å². The molecule has 2 aliphatic rings. The van der Waals surface area contributed by atoms with Crippen LogP contribution in [0.4, 0.5) is 0 Å². The van der Waals surface area contributed by atoms with E-state index in [-0.39, 0.29) is 12.9 Å². The Balaban J connectivity index is 1.87. The fourth-order valence-corrected chi connectivity index (χ4v) is 2.45. The van der Waals surface area contributed by atoms with Crippen LogP contribution in [-0.2, 0) is 33.3 Å². The summed E-state index contributed by atoms with van der Waals surface area (Å²) >= 11 is 0. The molecule has 3 unspecified atom stereocenters. The highest BCUT2D eigenvalue weighted by molar-refractivity contribution is 6.35. The Kier molecular flexibility index (Phi) is 7.24. The van der Waals surface area contributed by atoms with Crippen molar-refractivity contribution < 1.29 is 33.3 Å². The van der Waals surface area contributed by atoms with Crippen LogP contribution >= 0.6 is 0 Å². The Morgan fingerprint density at radius 2 is 1.68 bits per heavy atom. The average molecular weight is 316 g/mol. The van der Waals surface area contributed by atoms with Gasteiger partial charge in [-0.1, -0.05) is 0 Å². The Labute approximate surface area is 130 Å². The largest absolute Gasteiger partial charge is 0.463 e. The second kappa shape index (κ2) is 9.19. The van der Waals surface area contributed by atoms with E-state index < -0.39 is 24.1 Å². The molecule has 3 atom stereocenters. The fourth-order valence-electron chi connectivity index (χ4n) is 2.45. The quantitative estimate of drug-likeness (QED) is 0.515. The van der Waals surface area contributed by atoms with Crippen LogP contribution in [0.25, 0.3) is 0 Å². The molecule has 0 N–H and O–H groups in total. The minimum atomic E-state index is -1.03. The number of Topliss-reactive ketones (excluding diaryl/α,β-unsaturated/α-hetero) is 1. The predicted octanol–water partition coefficient (Wildman–Crippen LogP) is 1.18. The monoisotopic (exact) mass is 316 g/mol. The van der Waals surface area contributed by atoms with Crippen molar-refractivity contribution in [2.75, 3.05) is 26.9 Å². The highest BCUT2D eigenvalue weighted by Crippen LogP contribution is 2.18. The molecule has 2 heterocycles. The first-order chi connectivity index (χ1) is 10.7. The molecule has 0 bridgehead atoms. The van der Waals surface area contributed by atoms with Crippen molar-refractivity contribution in [3.8, 4) is 0 Å². The van der Waals surface area contributed by atoms with Gasteiger partial charge in [-0.25, -0.2) is 4.79 Å². The van der Waals surface area contributed by atoms with Crippen molar-refractivity contribution in [3.05, 3.63) is 0 Å². The molecule has 0 aromatic carbocycles. The van der Waals surface area contributed by atoms with Crippen LogP contribution in [0.1, 0.15) is 38.5 Å². The Hall–Kier alpha value is -1.02. The number of hydrogen-bond acceptors (Lipinski definition) is 7. The zero-order chi connectivity index (χ0) is 15.8. The molecule has 7 nitrogen and oxygen atoms in total. The van der Waals surface area contributed by atoms with E-state index in [1.54, 1.807) is 0 Å². The van der Waals surface area contributed by atoms with Gasteiger partial charge in [-0.05, 0) is 38.5 Å². The molecule has 2 aliphatic heterocycles. The maximum Gasteiger partial charge on any atom is 0.377 e. The minimum Gasteiger partial charge on any atom is -0.463 e. The lowest BCUT2D eigenvalue weighted by atomic mass is 10.2. The molecule has 2 saturated heterocycles. The number of ether oxygens (including phenoxy) is 5. The summed E-state index contributed by atoms with van der Waals surface area (Å²) in [6.07, 6.45) is 3.59. The molecule has 0 aromatic heterocycles. The average Bonchev–Trinajstić information content (AvgIpc) is 2.59. The van der Waals surface area contributed by atoms with Crippen molar-refractivity contribution in [2.24, 2.45) is 0 Å². The standard InChI is InChI=1S/C15H24O7/c1-18-15(17)14(16)11(22-13-7-3-5-9-20-13)10-21-12-6-2-4-8-19-12/h11-13H,2-10H2,1H3. The molecule has 2 rings (SSSR count). The summed E-state index contributed by atoms with van der Waals surface area (Å²) in [4.78, 5) is 23.5. The SMILES string of the molecule is COC(=O)C(=O)C(COC1CCCCO1)OC1CCCCO1. The first-order valence-corrected chi connectivity index (χ1v) is 7.83. The van der Waals surface area contributed by atoms with Gasteiger partial charge in [0.15, 0.2) is 18.7 Å². The third kappa shape index (κ3) is 5.31. The number of methoxy groups -OCH3 is 1. The molecule has 0 radical (unpaired) electrons. The number of rotatable bonds is 7. The molecule has 0 aromatic rings. The molecule has 0 spiro atoms. The van der Waals surface area contributed by atoms with Gasteiger partial charge in [-0.15, -0.1) is 0 Å². The van der Waals surface area contributed by atoms with Crippen molar-refractivity contribution in [2.45, 2.75) is 57.2 Å². The van der Waals surface area contributed by atoms with Gasteiger partial charge in [-0.3, -0.25) is 4.79 Å². The lowest BCUT2D eigenvalue weighted by molar-refractivity contribution is -0.222. The fraction of sp³-hybridized carbons (Fsp3) is 0.867. The molecule has 2 fully saturated rings. The summed E-state index contributed by atoms with van der Waals surface area (Å²) in [6.45, 7) is 1.20. The topological polar surface area (TPSA) is 80.3 Å². The maximum absolute atomic E-state index is 12.0. The second-order valence-corrected chi connectivity index (χ2v) is 5.41. The number of ketones is 1. The van der Waals surface area contributed by atoms with Crippen LogP contribution < -0.4 is 0 Å². The Morgan fingerprint density at radius 1 is 1.05 bits per heavy atom. The molecule has 0 amide bonds. The van der Waals surface area contributed by atoms with Gasteiger partial charge >= 0.3 is 5.97 Å². The molecule has 0 aliphatic carbocycles. The van der Waals surface area contributed by atoms with Crippen LogP contribution in [-0.4, -0.2) is 57.4 Å². The third-order valence-corrected chi connectivity index (χ3v) is 3.70. The van der Waals surface area contributed by atoms with Crippen LogP contribution in [0, 0.1) is 0 Å². The first kappa shape index (κ1) is 17.3. The van der Waals surface area contributed by atoms with Gasteiger partial charge in [0.2, 0.25) is 0 Å². The second-order valence-electron chi connectivity index (χ2n) is 5.41. The maximum atomic E-state index is 12.0. The zero-order valence-corrected chi connectivity index (χ0v) is 13.0. The summed E-state index contributed by atoms with van der Waals surface area (Å²) in [5, 5.41) is 0. The molecular weight excluding hydrogens is 292 g/mol. The molecule has 126 valence electrons. The van der Waals surface area contributed by atoms with E-state index in [0.29, 0.717) is 19.6 Å². The predicted molar refractivity (Wildman–Crippen MR) is 75.0 cm³/mol. The molecule has 22 heavy (non-hydrogen) atoms. The summed E-state index contributed by atoms with van der Waals surface area (Å²) in [5.41, 5.74) is 0. The number of esters is 1. The van der Waals surface area contributed by atoms with Crippen molar-refractivity contribution in [3.63, 3.8) is 0 Å². The number of hydrogen-bond donors (Lipinski definition) is 0. The van der Waals surface area contributed by atoms with Crippen molar-refractivity contribution >= 4 is 11.8 Å². The summed E-state index contributed by atoms with van der Waals surface area (Å²) < 4.78 is 26.6. The summed E-state index contributed by atoms with van der Waals surface area (Å²) in [5.74, 6) is -1.69. The van der Waals surface area contributed by atoms with Crippen LogP contribution in [0.15, 0.2) is 0 Å². The molecule has 0 saturated carbocycles. The Morgan fingerprint density at radius 3 is 2.23 bits per heavy atom. The van der Waals surface area contributed by atoms with Gasteiger partial charge < -0.3 is 23.7 Å². The smallest absolute Gasteiger partial charge is 0.377 e. The lowest BCUT2D eigenvalue weighted by Gasteiger charge is -2.28. The van der Waals surface area contributed by atoms with E-state index in [2.05, 4.69) is 4.74 Å². The van der Waals surface area contributed by atoms with E-state index in [1.165, 1.54) is 7.11 Å². The third-order valence-electron chi connectivity index (χ3n) is 3.70. The highest BCUT2D eigenvalue weighted by Gasteiger charge is 2.32. The Bertz CT molecular complexity index is 359. The van der Waals surface area contributed by atoms with Gasteiger partial charge in [0.05, 0.1) is 13.7 Å². The number of carbonyl (C=O) groups excluding carboxylic acids is 2. The number of carbonyl (C=O) groups is 2. The van der Waals surface area contributed by atoms with Gasteiger partial charge in [-0.2, -0.15) is 0 Å². The van der Waals surface area contributed by atoms with Crippen LogP contribution in [0.5, 0.6) is 0 Å². The summed E-state index contributed by atoms with van der Waals surface area (Å²) in [6, 6.07) is 0. The van der Waals surface area contributed by atoms with Gasteiger partial charge in [0, 0.05) is 13.2 Å².